The normalized spacial score (nSPS) is 12.4. The number of nitrogens with one attached hydrogen (secondary N) is 1. The van der Waals surface area contributed by atoms with E-state index >= 15 is 0 Å². The van der Waals surface area contributed by atoms with E-state index in [1.807, 2.05) is 19.1 Å². The molecule has 5 heteroatoms. The molecule has 0 aliphatic heterocycles. The molecule has 1 N–H and O–H groups in total. The van der Waals surface area contributed by atoms with E-state index in [1.54, 1.807) is 12.3 Å². The van der Waals surface area contributed by atoms with Crippen LogP contribution >= 0.6 is 23.2 Å². The summed E-state index contributed by atoms with van der Waals surface area (Å²) in [5.41, 5.74) is 1.76. The van der Waals surface area contributed by atoms with Crippen molar-refractivity contribution in [3.05, 3.63) is 46.1 Å². The summed E-state index contributed by atoms with van der Waals surface area (Å²) in [5.74, 6) is 0.878. The average molecular weight is 285 g/mol. The van der Waals surface area contributed by atoms with Crippen LogP contribution in [0.2, 0.25) is 10.3 Å². The van der Waals surface area contributed by atoms with Gasteiger partial charge in [0.05, 0.1) is 18.0 Å². The Kier molecular flexibility index (Phi) is 4.15. The molecule has 0 aliphatic carbocycles. The van der Waals surface area contributed by atoms with Crippen LogP contribution in [0.1, 0.15) is 30.7 Å². The Bertz CT molecular complexity index is 503. The SMILES string of the molecule is CCC(Nc1c(C)cc(Cl)nc1Cl)c1ccco1. The fraction of sp³-hybridized carbons (Fsp3) is 0.308. The summed E-state index contributed by atoms with van der Waals surface area (Å²) in [5, 5.41) is 4.12. The van der Waals surface area contributed by atoms with Gasteiger partial charge in [0.25, 0.3) is 0 Å². The highest BCUT2D eigenvalue weighted by atomic mass is 35.5. The Morgan fingerprint density at radius 3 is 2.78 bits per heavy atom. The summed E-state index contributed by atoms with van der Waals surface area (Å²) in [4.78, 5) is 4.04. The number of rotatable bonds is 4. The third-order valence-corrected chi connectivity index (χ3v) is 3.22. The molecule has 2 rings (SSSR count). The highest BCUT2D eigenvalue weighted by Gasteiger charge is 2.16. The first kappa shape index (κ1) is 13.2. The van der Waals surface area contributed by atoms with Crippen LogP contribution < -0.4 is 5.32 Å². The van der Waals surface area contributed by atoms with E-state index in [1.165, 1.54) is 0 Å². The molecule has 0 bridgehead atoms. The van der Waals surface area contributed by atoms with Crippen LogP contribution in [0.25, 0.3) is 0 Å². The number of pyridine rings is 1. The van der Waals surface area contributed by atoms with E-state index in [-0.39, 0.29) is 6.04 Å². The monoisotopic (exact) mass is 284 g/mol. The second-order valence-corrected chi connectivity index (χ2v) is 4.79. The molecule has 0 spiro atoms. The van der Waals surface area contributed by atoms with Gasteiger partial charge in [-0.3, -0.25) is 0 Å². The van der Waals surface area contributed by atoms with Crippen LogP contribution in [0.15, 0.2) is 28.9 Å². The zero-order valence-corrected chi connectivity index (χ0v) is 11.7. The molecule has 0 saturated carbocycles. The van der Waals surface area contributed by atoms with Gasteiger partial charge in [0.1, 0.15) is 10.9 Å². The Hall–Kier alpha value is -1.19. The van der Waals surface area contributed by atoms with E-state index in [0.29, 0.717) is 10.3 Å². The second kappa shape index (κ2) is 5.63. The van der Waals surface area contributed by atoms with Crippen molar-refractivity contribution in [1.29, 1.82) is 0 Å². The predicted molar refractivity (Wildman–Crippen MR) is 74.4 cm³/mol. The van der Waals surface area contributed by atoms with Crippen molar-refractivity contribution in [2.24, 2.45) is 0 Å². The lowest BCUT2D eigenvalue weighted by atomic mass is 10.1. The van der Waals surface area contributed by atoms with Crippen LogP contribution in [0, 0.1) is 6.92 Å². The summed E-state index contributed by atoms with van der Waals surface area (Å²) in [6.07, 6.45) is 2.54. The van der Waals surface area contributed by atoms with Gasteiger partial charge in [-0.15, -0.1) is 0 Å². The highest BCUT2D eigenvalue weighted by Crippen LogP contribution is 2.31. The fourth-order valence-corrected chi connectivity index (χ4v) is 2.39. The molecule has 2 aromatic rings. The molecule has 18 heavy (non-hydrogen) atoms. The van der Waals surface area contributed by atoms with Gasteiger partial charge >= 0.3 is 0 Å². The molecule has 2 aromatic heterocycles. The quantitative estimate of drug-likeness (QED) is 0.816. The van der Waals surface area contributed by atoms with E-state index in [2.05, 4.69) is 17.2 Å². The van der Waals surface area contributed by atoms with Crippen molar-refractivity contribution < 1.29 is 4.42 Å². The molecule has 0 fully saturated rings. The van der Waals surface area contributed by atoms with Gasteiger partial charge in [0.2, 0.25) is 0 Å². The minimum atomic E-state index is 0.0687. The smallest absolute Gasteiger partial charge is 0.154 e. The number of furan rings is 1. The molecule has 0 aliphatic rings. The largest absolute Gasteiger partial charge is 0.467 e. The fourth-order valence-electron chi connectivity index (χ4n) is 1.81. The van der Waals surface area contributed by atoms with Crippen molar-refractivity contribution in [1.82, 2.24) is 4.98 Å². The molecule has 1 atom stereocenters. The first-order valence-corrected chi connectivity index (χ1v) is 6.50. The number of nitrogens with zero attached hydrogens (tertiary/aromatic N) is 1. The van der Waals surface area contributed by atoms with Crippen LogP contribution in [0.3, 0.4) is 0 Å². The number of aryl methyl sites for hydroxylation is 1. The summed E-state index contributed by atoms with van der Waals surface area (Å²) >= 11 is 12.0. The number of hydrogen-bond acceptors (Lipinski definition) is 3. The highest BCUT2D eigenvalue weighted by molar-refractivity contribution is 6.34. The first-order valence-electron chi connectivity index (χ1n) is 5.74. The molecule has 0 radical (unpaired) electrons. The van der Waals surface area contributed by atoms with Crippen molar-refractivity contribution in [2.45, 2.75) is 26.3 Å². The molecule has 0 amide bonds. The van der Waals surface area contributed by atoms with Gasteiger partial charge in [0, 0.05) is 0 Å². The number of aromatic nitrogens is 1. The van der Waals surface area contributed by atoms with Gasteiger partial charge in [-0.25, -0.2) is 4.98 Å². The number of halogens is 2. The molecule has 0 saturated heterocycles. The lowest BCUT2D eigenvalue weighted by molar-refractivity contribution is 0.474. The summed E-state index contributed by atoms with van der Waals surface area (Å²) in [7, 11) is 0. The predicted octanol–water partition coefficient (Wildman–Crippen LogP) is 4.85. The molecular formula is C13H14Cl2N2O. The maximum Gasteiger partial charge on any atom is 0.154 e. The zero-order valence-electron chi connectivity index (χ0n) is 10.2. The average Bonchev–Trinajstić information content (AvgIpc) is 2.81. The molecular weight excluding hydrogens is 271 g/mol. The van der Waals surface area contributed by atoms with E-state index in [0.717, 1.165) is 23.4 Å². The topological polar surface area (TPSA) is 38.1 Å². The Morgan fingerprint density at radius 1 is 1.44 bits per heavy atom. The van der Waals surface area contributed by atoms with Crippen molar-refractivity contribution in [3.63, 3.8) is 0 Å². The van der Waals surface area contributed by atoms with Gasteiger partial charge in [-0.2, -0.15) is 0 Å². The number of hydrogen-bond donors (Lipinski definition) is 1. The lowest BCUT2D eigenvalue weighted by Gasteiger charge is -2.18. The van der Waals surface area contributed by atoms with E-state index in [4.69, 9.17) is 27.6 Å². The Balaban J connectivity index is 2.28. The number of anilines is 1. The van der Waals surface area contributed by atoms with Gasteiger partial charge in [-0.1, -0.05) is 30.1 Å². The zero-order chi connectivity index (χ0) is 13.1. The molecule has 1 unspecified atom stereocenters. The van der Waals surface area contributed by atoms with Gasteiger partial charge < -0.3 is 9.73 Å². The van der Waals surface area contributed by atoms with Crippen molar-refractivity contribution >= 4 is 28.9 Å². The Labute approximate surface area is 116 Å². The minimum absolute atomic E-state index is 0.0687. The maximum absolute atomic E-state index is 6.11. The van der Waals surface area contributed by atoms with Crippen molar-refractivity contribution in [2.75, 3.05) is 5.32 Å². The van der Waals surface area contributed by atoms with Gasteiger partial charge in [-0.05, 0) is 37.1 Å². The maximum atomic E-state index is 6.11. The second-order valence-electron chi connectivity index (χ2n) is 4.05. The molecule has 0 aromatic carbocycles. The standard InChI is InChI=1S/C13H14Cl2N2O/c1-3-9(10-5-4-6-18-10)16-12-8(2)7-11(14)17-13(12)15/h4-7,9,16H,3H2,1-2H3. The first-order chi connectivity index (χ1) is 8.61. The third-order valence-electron chi connectivity index (χ3n) is 2.75. The van der Waals surface area contributed by atoms with E-state index in [9.17, 15) is 0 Å². The van der Waals surface area contributed by atoms with Crippen LogP contribution in [-0.4, -0.2) is 4.98 Å². The molecule has 2 heterocycles. The Morgan fingerprint density at radius 2 is 2.22 bits per heavy atom. The van der Waals surface area contributed by atoms with Crippen LogP contribution in [0.4, 0.5) is 5.69 Å². The minimum Gasteiger partial charge on any atom is -0.467 e. The van der Waals surface area contributed by atoms with Crippen LogP contribution in [0.5, 0.6) is 0 Å². The van der Waals surface area contributed by atoms with Gasteiger partial charge in [0.15, 0.2) is 5.15 Å². The molecule has 3 nitrogen and oxygen atoms in total. The van der Waals surface area contributed by atoms with E-state index < -0.39 is 0 Å². The third kappa shape index (κ3) is 2.79. The summed E-state index contributed by atoms with van der Waals surface area (Å²) in [6.45, 7) is 4.02. The van der Waals surface area contributed by atoms with Crippen molar-refractivity contribution in [3.8, 4) is 0 Å². The summed E-state index contributed by atoms with van der Waals surface area (Å²) < 4.78 is 5.41. The lowest BCUT2D eigenvalue weighted by Crippen LogP contribution is -2.10. The van der Waals surface area contributed by atoms with Crippen LogP contribution in [-0.2, 0) is 0 Å². The molecule has 96 valence electrons. The summed E-state index contributed by atoms with van der Waals surface area (Å²) in [6, 6.07) is 5.66.